The SMILES string of the molecule is CN=C(NCCCCN(C)C(C)C)NCC1CCCS1.I. The molecule has 1 saturated heterocycles. The molecule has 0 aliphatic carbocycles. The Hall–Kier alpha value is 0.310. The molecular weight excluding hydrogens is 395 g/mol. The molecule has 1 fully saturated rings. The van der Waals surface area contributed by atoms with Gasteiger partial charge in [-0.05, 0) is 58.9 Å². The lowest BCUT2D eigenvalue weighted by Crippen LogP contribution is -2.40. The molecule has 1 unspecified atom stereocenters. The standard InChI is InChI=1S/C15H32N4S.HI/c1-13(2)19(4)10-6-5-9-17-15(16-3)18-12-14-8-7-11-20-14;/h13-14H,5-12H2,1-4H3,(H2,16,17,18);1H. The first-order chi connectivity index (χ1) is 9.63. The number of aliphatic imine (C=N–C) groups is 1. The summed E-state index contributed by atoms with van der Waals surface area (Å²) >= 11 is 2.08. The van der Waals surface area contributed by atoms with E-state index in [9.17, 15) is 0 Å². The zero-order valence-electron chi connectivity index (χ0n) is 14.0. The van der Waals surface area contributed by atoms with Gasteiger partial charge in [-0.25, -0.2) is 0 Å². The lowest BCUT2D eigenvalue weighted by atomic mass is 10.2. The fraction of sp³-hybridized carbons (Fsp3) is 0.933. The Kier molecular flexibility index (Phi) is 13.0. The van der Waals surface area contributed by atoms with E-state index in [-0.39, 0.29) is 24.0 Å². The van der Waals surface area contributed by atoms with Crippen LogP contribution in [0.1, 0.15) is 39.5 Å². The number of nitrogens with zero attached hydrogens (tertiary/aromatic N) is 2. The zero-order valence-corrected chi connectivity index (χ0v) is 17.2. The second kappa shape index (κ2) is 12.8. The van der Waals surface area contributed by atoms with Gasteiger partial charge in [0.15, 0.2) is 5.96 Å². The average molecular weight is 428 g/mol. The predicted molar refractivity (Wildman–Crippen MR) is 107 cm³/mol. The van der Waals surface area contributed by atoms with E-state index < -0.39 is 0 Å². The highest BCUT2D eigenvalue weighted by atomic mass is 127. The third-order valence-corrected chi connectivity index (χ3v) is 5.25. The molecule has 0 bridgehead atoms. The summed E-state index contributed by atoms with van der Waals surface area (Å²) in [4.78, 5) is 6.68. The van der Waals surface area contributed by atoms with E-state index in [0.29, 0.717) is 6.04 Å². The summed E-state index contributed by atoms with van der Waals surface area (Å²) in [5, 5.41) is 7.62. The molecule has 0 aromatic heterocycles. The van der Waals surface area contributed by atoms with Crippen LogP contribution in [0.4, 0.5) is 0 Å². The first-order valence-electron chi connectivity index (χ1n) is 7.90. The van der Waals surface area contributed by atoms with E-state index in [1.165, 1.54) is 38.0 Å². The van der Waals surface area contributed by atoms with E-state index in [4.69, 9.17) is 0 Å². The maximum absolute atomic E-state index is 4.28. The van der Waals surface area contributed by atoms with Crippen LogP contribution < -0.4 is 10.6 Å². The number of unbranched alkanes of at least 4 members (excludes halogenated alkanes) is 1. The number of guanidine groups is 1. The summed E-state index contributed by atoms with van der Waals surface area (Å²) in [5.74, 6) is 2.27. The van der Waals surface area contributed by atoms with Gasteiger partial charge in [0.1, 0.15) is 0 Å². The van der Waals surface area contributed by atoms with Gasteiger partial charge in [0.05, 0.1) is 0 Å². The van der Waals surface area contributed by atoms with Crippen LogP contribution in [0.2, 0.25) is 0 Å². The molecular formula is C15H33IN4S. The molecule has 1 aliphatic heterocycles. The van der Waals surface area contributed by atoms with Crippen LogP contribution in [0.5, 0.6) is 0 Å². The van der Waals surface area contributed by atoms with Crippen molar-refractivity contribution in [2.75, 3.05) is 39.5 Å². The number of nitrogens with one attached hydrogen (secondary N) is 2. The molecule has 1 aliphatic rings. The summed E-state index contributed by atoms with van der Waals surface area (Å²) in [6.45, 7) is 7.70. The molecule has 0 saturated carbocycles. The van der Waals surface area contributed by atoms with Gasteiger partial charge in [-0.2, -0.15) is 11.8 Å². The van der Waals surface area contributed by atoms with Crippen molar-refractivity contribution in [2.45, 2.75) is 50.8 Å². The van der Waals surface area contributed by atoms with Crippen LogP contribution in [0, 0.1) is 0 Å². The topological polar surface area (TPSA) is 39.7 Å². The van der Waals surface area contributed by atoms with Gasteiger partial charge in [0.2, 0.25) is 0 Å². The van der Waals surface area contributed by atoms with E-state index >= 15 is 0 Å². The minimum absolute atomic E-state index is 0. The molecule has 0 aromatic carbocycles. The Morgan fingerprint density at radius 1 is 1.33 bits per heavy atom. The quantitative estimate of drug-likeness (QED) is 0.270. The van der Waals surface area contributed by atoms with Crippen LogP contribution in [0.3, 0.4) is 0 Å². The third kappa shape index (κ3) is 9.84. The van der Waals surface area contributed by atoms with Gasteiger partial charge >= 0.3 is 0 Å². The maximum atomic E-state index is 4.28. The van der Waals surface area contributed by atoms with Gasteiger partial charge in [-0.15, -0.1) is 24.0 Å². The van der Waals surface area contributed by atoms with Crippen molar-refractivity contribution in [1.29, 1.82) is 0 Å². The summed E-state index contributed by atoms with van der Waals surface area (Å²) in [6.07, 6.45) is 5.13. The molecule has 1 atom stereocenters. The summed E-state index contributed by atoms with van der Waals surface area (Å²) in [6, 6.07) is 0.640. The number of hydrogen-bond donors (Lipinski definition) is 2. The lowest BCUT2D eigenvalue weighted by molar-refractivity contribution is 0.268. The highest BCUT2D eigenvalue weighted by Gasteiger charge is 2.15. The summed E-state index contributed by atoms with van der Waals surface area (Å²) in [7, 11) is 4.04. The van der Waals surface area contributed by atoms with Crippen LogP contribution >= 0.6 is 35.7 Å². The number of hydrogen-bond acceptors (Lipinski definition) is 3. The Labute approximate surface area is 152 Å². The molecule has 0 aromatic rings. The van der Waals surface area contributed by atoms with Crippen molar-refractivity contribution in [3.05, 3.63) is 0 Å². The van der Waals surface area contributed by atoms with Crippen LogP contribution in [-0.4, -0.2) is 61.6 Å². The largest absolute Gasteiger partial charge is 0.356 e. The van der Waals surface area contributed by atoms with E-state index in [2.05, 4.69) is 53.2 Å². The Bertz CT molecular complexity index is 281. The van der Waals surface area contributed by atoms with Gasteiger partial charge in [0, 0.05) is 31.4 Å². The van der Waals surface area contributed by atoms with Crippen molar-refractivity contribution in [2.24, 2.45) is 4.99 Å². The maximum Gasteiger partial charge on any atom is 0.191 e. The second-order valence-corrected chi connectivity index (χ2v) is 7.20. The fourth-order valence-electron chi connectivity index (χ4n) is 2.19. The van der Waals surface area contributed by atoms with Gasteiger partial charge in [-0.3, -0.25) is 4.99 Å². The molecule has 0 radical (unpaired) electrons. The minimum atomic E-state index is 0. The van der Waals surface area contributed by atoms with E-state index in [1.807, 2.05) is 7.05 Å². The van der Waals surface area contributed by atoms with Crippen molar-refractivity contribution in [3.63, 3.8) is 0 Å². The van der Waals surface area contributed by atoms with Crippen LogP contribution in [0.15, 0.2) is 4.99 Å². The Morgan fingerprint density at radius 2 is 2.10 bits per heavy atom. The molecule has 4 nitrogen and oxygen atoms in total. The molecule has 1 heterocycles. The van der Waals surface area contributed by atoms with E-state index in [0.717, 1.165) is 24.3 Å². The summed E-state index contributed by atoms with van der Waals surface area (Å²) < 4.78 is 0. The number of rotatable bonds is 8. The second-order valence-electron chi connectivity index (χ2n) is 5.80. The highest BCUT2D eigenvalue weighted by molar-refractivity contribution is 14.0. The fourth-order valence-corrected chi connectivity index (χ4v) is 3.39. The minimum Gasteiger partial charge on any atom is -0.356 e. The van der Waals surface area contributed by atoms with E-state index in [1.54, 1.807) is 0 Å². The first-order valence-corrected chi connectivity index (χ1v) is 8.94. The van der Waals surface area contributed by atoms with Crippen molar-refractivity contribution in [3.8, 4) is 0 Å². The van der Waals surface area contributed by atoms with Gasteiger partial charge < -0.3 is 15.5 Å². The molecule has 1 rings (SSSR count). The zero-order chi connectivity index (χ0) is 14.8. The normalized spacial score (nSPS) is 19.0. The molecule has 2 N–H and O–H groups in total. The van der Waals surface area contributed by atoms with Gasteiger partial charge in [-0.1, -0.05) is 0 Å². The van der Waals surface area contributed by atoms with Crippen LogP contribution in [-0.2, 0) is 0 Å². The third-order valence-electron chi connectivity index (χ3n) is 3.86. The Morgan fingerprint density at radius 3 is 2.67 bits per heavy atom. The smallest absolute Gasteiger partial charge is 0.191 e. The highest BCUT2D eigenvalue weighted by Crippen LogP contribution is 2.25. The molecule has 6 heteroatoms. The van der Waals surface area contributed by atoms with Crippen LogP contribution in [0.25, 0.3) is 0 Å². The number of halogens is 1. The lowest BCUT2D eigenvalue weighted by Gasteiger charge is -2.20. The molecule has 0 spiro atoms. The predicted octanol–water partition coefficient (Wildman–Crippen LogP) is 2.79. The van der Waals surface area contributed by atoms with Gasteiger partial charge in [0.25, 0.3) is 0 Å². The Balaban J connectivity index is 0.00000400. The first kappa shape index (κ1) is 21.3. The van der Waals surface area contributed by atoms with Crippen molar-refractivity contribution >= 4 is 41.7 Å². The molecule has 21 heavy (non-hydrogen) atoms. The molecule has 0 amide bonds. The monoisotopic (exact) mass is 428 g/mol. The van der Waals surface area contributed by atoms with Crippen molar-refractivity contribution in [1.82, 2.24) is 15.5 Å². The number of thioether (sulfide) groups is 1. The molecule has 126 valence electrons. The average Bonchev–Trinajstić information content (AvgIpc) is 2.94. The summed E-state index contributed by atoms with van der Waals surface area (Å²) in [5.41, 5.74) is 0. The van der Waals surface area contributed by atoms with Crippen molar-refractivity contribution < 1.29 is 0 Å².